The average Bonchev–Trinajstić information content (AvgIpc) is 3.06. The van der Waals surface area contributed by atoms with Gasteiger partial charge in [-0.25, -0.2) is 13.2 Å². The molecule has 1 saturated heterocycles. The summed E-state index contributed by atoms with van der Waals surface area (Å²) in [6.07, 6.45) is 0. The summed E-state index contributed by atoms with van der Waals surface area (Å²) in [5.41, 5.74) is 2.51. The van der Waals surface area contributed by atoms with E-state index in [2.05, 4.69) is 20.8 Å². The molecule has 0 N–H and O–H groups in total. The van der Waals surface area contributed by atoms with Crippen LogP contribution in [-0.2, 0) is 22.5 Å². The number of piperazine rings is 1. The molecule has 0 aliphatic carbocycles. The average molecular weight is 458 g/mol. The molecule has 2 aromatic carbocycles. The summed E-state index contributed by atoms with van der Waals surface area (Å²) in [5, 5.41) is 0. The van der Waals surface area contributed by atoms with E-state index >= 15 is 0 Å². The van der Waals surface area contributed by atoms with Crippen molar-refractivity contribution in [1.82, 2.24) is 13.8 Å². The van der Waals surface area contributed by atoms with Crippen molar-refractivity contribution in [1.29, 1.82) is 0 Å². The number of nitrogens with zero attached hydrogens (tertiary/aromatic N) is 3. The Morgan fingerprint density at radius 2 is 1.59 bits per heavy atom. The fourth-order valence-corrected chi connectivity index (χ4v) is 5.29. The molecule has 4 rings (SSSR count). The van der Waals surface area contributed by atoms with Crippen LogP contribution >= 0.6 is 0 Å². The highest BCUT2D eigenvalue weighted by Crippen LogP contribution is 2.24. The van der Waals surface area contributed by atoms with Crippen molar-refractivity contribution in [2.45, 2.75) is 31.1 Å². The van der Waals surface area contributed by atoms with Crippen LogP contribution in [0.5, 0.6) is 0 Å². The number of oxazole rings is 1. The number of rotatable bonds is 3. The number of aryl methyl sites for hydroxylation is 1. The van der Waals surface area contributed by atoms with E-state index in [1.807, 2.05) is 24.3 Å². The smallest absolute Gasteiger partial charge is 0.408 e. The van der Waals surface area contributed by atoms with Crippen LogP contribution in [0, 0.1) is 0 Å². The molecule has 1 fully saturated rings. The lowest BCUT2D eigenvalue weighted by molar-refractivity contribution is 0.0698. The lowest BCUT2D eigenvalue weighted by Crippen LogP contribution is -2.50. The largest absolute Gasteiger partial charge is 0.419 e. The Hall–Kier alpha value is -2.91. The van der Waals surface area contributed by atoms with Gasteiger partial charge in [-0.1, -0.05) is 32.9 Å². The summed E-state index contributed by atoms with van der Waals surface area (Å²) in [6.45, 7) is 7.37. The van der Waals surface area contributed by atoms with E-state index in [1.165, 1.54) is 21.0 Å². The third-order valence-electron chi connectivity index (χ3n) is 5.93. The third-order valence-corrected chi connectivity index (χ3v) is 7.82. The van der Waals surface area contributed by atoms with Gasteiger partial charge in [-0.2, -0.15) is 4.31 Å². The Bertz CT molecular complexity index is 1320. The highest BCUT2D eigenvalue weighted by molar-refractivity contribution is 7.89. The monoisotopic (exact) mass is 457 g/mol. The fraction of sp³-hybridized carbons (Fsp3) is 0.391. The van der Waals surface area contributed by atoms with Gasteiger partial charge in [0.05, 0.1) is 10.4 Å². The number of benzene rings is 2. The van der Waals surface area contributed by atoms with Crippen molar-refractivity contribution >= 4 is 27.0 Å². The van der Waals surface area contributed by atoms with Crippen LogP contribution in [-0.4, -0.2) is 54.3 Å². The van der Waals surface area contributed by atoms with Gasteiger partial charge in [-0.3, -0.25) is 9.36 Å². The molecule has 2 heterocycles. The van der Waals surface area contributed by atoms with Gasteiger partial charge in [0.2, 0.25) is 10.0 Å². The maximum Gasteiger partial charge on any atom is 0.419 e. The molecule has 0 atom stereocenters. The first-order valence-electron chi connectivity index (χ1n) is 10.5. The Morgan fingerprint density at radius 1 is 0.969 bits per heavy atom. The number of aromatic nitrogens is 1. The Kier molecular flexibility index (Phi) is 5.50. The molecule has 0 unspecified atom stereocenters. The number of amides is 1. The third kappa shape index (κ3) is 3.98. The zero-order chi connectivity index (χ0) is 23.3. The van der Waals surface area contributed by atoms with Gasteiger partial charge in [-0.05, 0) is 35.2 Å². The molecular weight excluding hydrogens is 430 g/mol. The fourth-order valence-electron chi connectivity index (χ4n) is 3.85. The van der Waals surface area contributed by atoms with E-state index in [4.69, 9.17) is 4.42 Å². The van der Waals surface area contributed by atoms with Crippen molar-refractivity contribution in [3.63, 3.8) is 0 Å². The van der Waals surface area contributed by atoms with Crippen LogP contribution in [0.25, 0.3) is 11.1 Å². The van der Waals surface area contributed by atoms with Crippen molar-refractivity contribution in [3.8, 4) is 0 Å². The molecule has 0 radical (unpaired) electrons. The van der Waals surface area contributed by atoms with E-state index in [0.29, 0.717) is 24.2 Å². The highest BCUT2D eigenvalue weighted by Gasteiger charge is 2.31. The molecule has 1 aliphatic heterocycles. The van der Waals surface area contributed by atoms with E-state index < -0.39 is 15.8 Å². The molecule has 1 aliphatic rings. The maximum atomic E-state index is 13.1. The molecule has 0 spiro atoms. The van der Waals surface area contributed by atoms with Crippen LogP contribution in [0.4, 0.5) is 0 Å². The van der Waals surface area contributed by atoms with E-state index in [-0.39, 0.29) is 34.9 Å². The van der Waals surface area contributed by atoms with Gasteiger partial charge in [-0.15, -0.1) is 0 Å². The first kappa shape index (κ1) is 22.3. The summed E-state index contributed by atoms with van der Waals surface area (Å²) in [7, 11) is -2.20. The summed E-state index contributed by atoms with van der Waals surface area (Å²) in [4.78, 5) is 26.3. The lowest BCUT2D eigenvalue weighted by atomic mass is 9.86. The predicted molar refractivity (Wildman–Crippen MR) is 121 cm³/mol. The number of hydrogen-bond donors (Lipinski definition) is 0. The van der Waals surface area contributed by atoms with E-state index in [9.17, 15) is 18.0 Å². The van der Waals surface area contributed by atoms with Crippen molar-refractivity contribution < 1.29 is 17.6 Å². The van der Waals surface area contributed by atoms with E-state index in [1.54, 1.807) is 18.0 Å². The summed E-state index contributed by atoms with van der Waals surface area (Å²) in [6, 6.07) is 12.0. The standard InChI is InChI=1S/C23H27N3O5S/c1-23(2,3)17-7-5-16(6-8-17)21(27)25-11-13-26(14-12-25)32(29,30)18-9-10-19-20(15-18)31-22(28)24(19)4/h5-10,15H,11-14H2,1-4H3. The second kappa shape index (κ2) is 7.90. The number of carbonyl (C=O) groups is 1. The zero-order valence-electron chi connectivity index (χ0n) is 18.7. The SMILES string of the molecule is Cn1c(=O)oc2cc(S(=O)(=O)N3CCN(C(=O)c4ccc(C(C)(C)C)cc4)CC3)ccc21. The van der Waals surface area contributed by atoms with Gasteiger partial charge >= 0.3 is 5.76 Å². The first-order valence-corrected chi connectivity index (χ1v) is 11.9. The molecule has 170 valence electrons. The Balaban J connectivity index is 1.47. The number of sulfonamides is 1. The van der Waals surface area contributed by atoms with Crippen molar-refractivity contribution in [2.24, 2.45) is 7.05 Å². The molecule has 0 saturated carbocycles. The van der Waals surface area contributed by atoms with Crippen molar-refractivity contribution in [2.75, 3.05) is 26.2 Å². The van der Waals surface area contributed by atoms with E-state index in [0.717, 1.165) is 5.56 Å². The molecular formula is C23H27N3O5S. The molecule has 8 nitrogen and oxygen atoms in total. The number of hydrogen-bond acceptors (Lipinski definition) is 5. The molecule has 1 aromatic heterocycles. The van der Waals surface area contributed by atoms with Gasteiger partial charge in [0.1, 0.15) is 0 Å². The van der Waals surface area contributed by atoms with Crippen LogP contribution in [0.1, 0.15) is 36.7 Å². The zero-order valence-corrected chi connectivity index (χ0v) is 19.5. The Labute approximate surface area is 187 Å². The van der Waals surface area contributed by atoms with Crippen LogP contribution in [0.15, 0.2) is 56.6 Å². The Morgan fingerprint density at radius 3 is 2.19 bits per heavy atom. The van der Waals surface area contributed by atoms with Crippen molar-refractivity contribution in [3.05, 3.63) is 64.1 Å². The molecule has 1 amide bonds. The van der Waals surface area contributed by atoms with Crippen LogP contribution in [0.3, 0.4) is 0 Å². The second-order valence-corrected chi connectivity index (χ2v) is 11.0. The highest BCUT2D eigenvalue weighted by atomic mass is 32.2. The van der Waals surface area contributed by atoms with Gasteiger partial charge in [0.25, 0.3) is 5.91 Å². The summed E-state index contributed by atoms with van der Waals surface area (Å²) >= 11 is 0. The summed E-state index contributed by atoms with van der Waals surface area (Å²) < 4.78 is 34.0. The molecule has 0 bridgehead atoms. The molecule has 9 heteroatoms. The van der Waals surface area contributed by atoms with Gasteiger partial charge in [0.15, 0.2) is 5.58 Å². The van der Waals surface area contributed by atoms with Gasteiger partial charge < -0.3 is 9.32 Å². The maximum absolute atomic E-state index is 13.1. The normalized spacial score (nSPS) is 15.9. The van der Waals surface area contributed by atoms with Crippen LogP contribution < -0.4 is 5.76 Å². The molecule has 32 heavy (non-hydrogen) atoms. The molecule has 3 aromatic rings. The first-order chi connectivity index (χ1) is 15.0. The minimum Gasteiger partial charge on any atom is -0.408 e. The minimum absolute atomic E-state index is 0.00681. The number of carbonyl (C=O) groups excluding carboxylic acids is 1. The second-order valence-electron chi connectivity index (χ2n) is 9.08. The summed E-state index contributed by atoms with van der Waals surface area (Å²) in [5.74, 6) is -0.646. The van der Waals surface area contributed by atoms with Gasteiger partial charge in [0, 0.05) is 44.9 Å². The minimum atomic E-state index is -3.77. The predicted octanol–water partition coefficient (Wildman–Crippen LogP) is 2.58. The quantitative estimate of drug-likeness (QED) is 0.603. The lowest BCUT2D eigenvalue weighted by Gasteiger charge is -2.34. The number of fused-ring (bicyclic) bond motifs is 1. The van der Waals surface area contributed by atoms with Crippen LogP contribution in [0.2, 0.25) is 0 Å². The topological polar surface area (TPSA) is 92.8 Å².